The molecule has 0 amide bonds. The lowest BCUT2D eigenvalue weighted by atomic mass is 10.2. The molecule has 1 aromatic heterocycles. The molecule has 0 N–H and O–H groups in total. The number of morpholine rings is 1. The quantitative estimate of drug-likeness (QED) is 0.764. The number of hydrogen-bond donors (Lipinski definition) is 0. The van der Waals surface area contributed by atoms with Crippen LogP contribution in [0.15, 0.2) is 3.92 Å². The van der Waals surface area contributed by atoms with Crippen molar-refractivity contribution < 1.29 is 4.74 Å². The lowest BCUT2D eigenvalue weighted by molar-refractivity contribution is 0.0991. The van der Waals surface area contributed by atoms with E-state index in [0.717, 1.165) is 28.6 Å². The molecular weight excluding hydrogens is 254 g/mol. The minimum absolute atomic E-state index is 0.424. The molecule has 1 aromatic rings. The van der Waals surface area contributed by atoms with Gasteiger partial charge in [0.25, 0.3) is 0 Å². The number of hydrogen-bond acceptors (Lipinski definition) is 5. The maximum Gasteiger partial charge on any atom is 0.209 e. The van der Waals surface area contributed by atoms with Crippen molar-refractivity contribution in [2.45, 2.75) is 18.6 Å². The summed E-state index contributed by atoms with van der Waals surface area (Å²) in [5.74, 6) is 0. The number of anilines is 1. The number of ether oxygens (including phenoxy) is 1. The first-order chi connectivity index (χ1) is 6.33. The molecule has 6 heteroatoms. The van der Waals surface area contributed by atoms with E-state index in [1.807, 2.05) is 0 Å². The number of nitrogens with zero attached hydrogens (tertiary/aromatic N) is 3. The van der Waals surface area contributed by atoms with Gasteiger partial charge in [-0.3, -0.25) is 0 Å². The minimum Gasteiger partial charge on any atom is -0.374 e. The van der Waals surface area contributed by atoms with Gasteiger partial charge in [-0.05, 0) is 22.4 Å². The van der Waals surface area contributed by atoms with Crippen LogP contribution >= 0.6 is 27.3 Å². The molecule has 3 heterocycles. The zero-order valence-corrected chi connectivity index (χ0v) is 9.21. The van der Waals surface area contributed by atoms with Crippen molar-refractivity contribution in [1.29, 1.82) is 0 Å². The van der Waals surface area contributed by atoms with Crippen LogP contribution in [0.2, 0.25) is 0 Å². The van der Waals surface area contributed by atoms with E-state index < -0.39 is 0 Å². The van der Waals surface area contributed by atoms with E-state index in [4.69, 9.17) is 4.74 Å². The van der Waals surface area contributed by atoms with Gasteiger partial charge in [-0.1, -0.05) is 11.3 Å². The van der Waals surface area contributed by atoms with E-state index >= 15 is 0 Å². The standard InChI is InChI=1S/C7H8BrN3OS/c8-6-9-10-7(13-6)11-2-5-1-4(11)3-12-5/h4-5H,1-3H2/t4-,5-/m0/s1. The minimum atomic E-state index is 0.424. The van der Waals surface area contributed by atoms with Crippen LogP contribution in [0.25, 0.3) is 0 Å². The van der Waals surface area contributed by atoms with Gasteiger partial charge in [0.1, 0.15) is 0 Å². The topological polar surface area (TPSA) is 38.2 Å². The van der Waals surface area contributed by atoms with Crippen molar-refractivity contribution in [1.82, 2.24) is 10.2 Å². The molecule has 0 unspecified atom stereocenters. The maximum absolute atomic E-state index is 5.51. The summed E-state index contributed by atoms with van der Waals surface area (Å²) >= 11 is 4.91. The molecule has 0 spiro atoms. The van der Waals surface area contributed by atoms with E-state index in [0.29, 0.717) is 12.1 Å². The third-order valence-corrected chi connectivity index (χ3v) is 3.93. The fourth-order valence-electron chi connectivity index (χ4n) is 1.95. The second-order valence-corrected chi connectivity index (χ2v) is 5.57. The number of aromatic nitrogens is 2. The van der Waals surface area contributed by atoms with Crippen molar-refractivity contribution in [2.24, 2.45) is 0 Å². The summed E-state index contributed by atoms with van der Waals surface area (Å²) in [5.41, 5.74) is 0. The third-order valence-electron chi connectivity index (χ3n) is 2.54. The van der Waals surface area contributed by atoms with E-state index in [9.17, 15) is 0 Å². The van der Waals surface area contributed by atoms with Gasteiger partial charge in [-0.2, -0.15) is 0 Å². The molecule has 2 fully saturated rings. The largest absolute Gasteiger partial charge is 0.374 e. The van der Waals surface area contributed by atoms with Crippen LogP contribution in [0.4, 0.5) is 5.13 Å². The molecule has 0 aliphatic carbocycles. The highest BCUT2D eigenvalue weighted by Gasteiger charge is 2.40. The third kappa shape index (κ3) is 1.28. The van der Waals surface area contributed by atoms with Gasteiger partial charge in [0, 0.05) is 6.54 Å². The van der Waals surface area contributed by atoms with Gasteiger partial charge in [-0.15, -0.1) is 10.2 Å². The summed E-state index contributed by atoms with van der Waals surface area (Å²) in [4.78, 5) is 2.30. The monoisotopic (exact) mass is 261 g/mol. The molecule has 2 atom stereocenters. The van der Waals surface area contributed by atoms with Gasteiger partial charge >= 0.3 is 0 Å². The number of rotatable bonds is 1. The summed E-state index contributed by atoms with van der Waals surface area (Å²) in [7, 11) is 0. The molecule has 13 heavy (non-hydrogen) atoms. The Labute approximate surface area is 88.0 Å². The van der Waals surface area contributed by atoms with Gasteiger partial charge in [0.15, 0.2) is 3.92 Å². The van der Waals surface area contributed by atoms with Crippen molar-refractivity contribution in [3.8, 4) is 0 Å². The average molecular weight is 262 g/mol. The molecule has 2 aliphatic rings. The van der Waals surface area contributed by atoms with Crippen LogP contribution in [0.5, 0.6) is 0 Å². The summed E-state index contributed by atoms with van der Waals surface area (Å²) in [5, 5.41) is 9.07. The van der Waals surface area contributed by atoms with Crippen molar-refractivity contribution in [3.05, 3.63) is 3.92 Å². The van der Waals surface area contributed by atoms with Crippen LogP contribution in [-0.4, -0.2) is 35.5 Å². The SMILES string of the molecule is Brc1nnc(N2C[C@@H]3C[C@H]2CO3)s1. The molecule has 0 aromatic carbocycles. The Hall–Kier alpha value is -0.200. The Morgan fingerprint density at radius 1 is 1.54 bits per heavy atom. The van der Waals surface area contributed by atoms with E-state index in [1.165, 1.54) is 0 Å². The second-order valence-electron chi connectivity index (χ2n) is 3.33. The first-order valence-corrected chi connectivity index (χ1v) is 5.81. The zero-order valence-electron chi connectivity index (χ0n) is 6.81. The van der Waals surface area contributed by atoms with Crippen molar-refractivity contribution in [3.63, 3.8) is 0 Å². The Morgan fingerprint density at radius 2 is 2.46 bits per heavy atom. The predicted octanol–water partition coefficient (Wildman–Crippen LogP) is 1.28. The highest BCUT2D eigenvalue weighted by molar-refractivity contribution is 9.11. The van der Waals surface area contributed by atoms with Crippen molar-refractivity contribution in [2.75, 3.05) is 18.1 Å². The van der Waals surface area contributed by atoms with Gasteiger partial charge in [-0.25, -0.2) is 0 Å². The van der Waals surface area contributed by atoms with E-state index in [1.54, 1.807) is 11.3 Å². The van der Waals surface area contributed by atoms with Crippen LogP contribution in [0, 0.1) is 0 Å². The summed E-state index contributed by atoms with van der Waals surface area (Å²) in [6.07, 6.45) is 1.57. The first kappa shape index (κ1) is 8.14. The van der Waals surface area contributed by atoms with Gasteiger partial charge in [0.2, 0.25) is 5.13 Å². The lowest BCUT2D eigenvalue weighted by Gasteiger charge is -2.25. The Morgan fingerprint density at radius 3 is 3.00 bits per heavy atom. The van der Waals surface area contributed by atoms with Crippen LogP contribution in [0.1, 0.15) is 6.42 Å². The maximum atomic E-state index is 5.51. The molecule has 4 nitrogen and oxygen atoms in total. The molecule has 2 bridgehead atoms. The van der Waals surface area contributed by atoms with Crippen molar-refractivity contribution >= 4 is 32.4 Å². The van der Waals surface area contributed by atoms with Crippen LogP contribution < -0.4 is 4.90 Å². The average Bonchev–Trinajstić information content (AvgIpc) is 2.77. The number of fused-ring (bicyclic) bond motifs is 2. The predicted molar refractivity (Wildman–Crippen MR) is 53.1 cm³/mol. The second kappa shape index (κ2) is 2.90. The highest BCUT2D eigenvalue weighted by atomic mass is 79.9. The molecule has 70 valence electrons. The molecule has 2 saturated heterocycles. The van der Waals surface area contributed by atoms with Crippen LogP contribution in [-0.2, 0) is 4.74 Å². The fraction of sp³-hybridized carbons (Fsp3) is 0.714. The molecule has 0 saturated carbocycles. The van der Waals surface area contributed by atoms with Gasteiger partial charge < -0.3 is 9.64 Å². The van der Waals surface area contributed by atoms with Gasteiger partial charge in [0.05, 0.1) is 18.8 Å². The lowest BCUT2D eigenvalue weighted by Crippen LogP contribution is -2.36. The summed E-state index contributed by atoms with van der Waals surface area (Å²) in [6.45, 7) is 1.83. The Kier molecular flexibility index (Phi) is 1.81. The first-order valence-electron chi connectivity index (χ1n) is 4.20. The van der Waals surface area contributed by atoms with Crippen LogP contribution in [0.3, 0.4) is 0 Å². The number of halogens is 1. The smallest absolute Gasteiger partial charge is 0.209 e. The molecular formula is C7H8BrN3OS. The molecule has 3 rings (SSSR count). The normalized spacial score (nSPS) is 31.6. The summed E-state index contributed by atoms with van der Waals surface area (Å²) < 4.78 is 6.37. The highest BCUT2D eigenvalue weighted by Crippen LogP contribution is 2.34. The summed E-state index contributed by atoms with van der Waals surface area (Å²) in [6, 6.07) is 0.532. The van der Waals surface area contributed by atoms with E-state index in [-0.39, 0.29) is 0 Å². The molecule has 2 aliphatic heterocycles. The molecule has 0 radical (unpaired) electrons. The van der Waals surface area contributed by atoms with E-state index in [2.05, 4.69) is 31.0 Å². The Bertz CT molecular complexity index is 331. The zero-order chi connectivity index (χ0) is 8.84. The fourth-order valence-corrected chi connectivity index (χ4v) is 3.12. The Balaban J connectivity index is 1.87.